The smallest absolute Gasteiger partial charge is 0.321 e. The fourth-order valence-corrected chi connectivity index (χ4v) is 3.19. The zero-order chi connectivity index (χ0) is 20.8. The molecule has 0 aliphatic carbocycles. The van der Waals surface area contributed by atoms with Gasteiger partial charge in [0.2, 0.25) is 11.0 Å². The summed E-state index contributed by atoms with van der Waals surface area (Å²) in [4.78, 5) is 20.6. The molecule has 0 aliphatic heterocycles. The summed E-state index contributed by atoms with van der Waals surface area (Å²) in [6, 6.07) is 14.2. The predicted molar refractivity (Wildman–Crippen MR) is 110 cm³/mol. The third-order valence-corrected chi connectivity index (χ3v) is 4.69. The number of carbonyl (C=O) groups is 1. The average Bonchev–Trinajstić information content (AvgIpc) is 3.22. The third-order valence-electron chi connectivity index (χ3n) is 3.83. The van der Waals surface area contributed by atoms with Gasteiger partial charge in [0.25, 0.3) is 0 Å². The summed E-state index contributed by atoms with van der Waals surface area (Å²) >= 11 is 1.21. The molecule has 0 saturated heterocycles. The highest BCUT2D eigenvalue weighted by atomic mass is 32.1. The molecule has 0 saturated carbocycles. The van der Waals surface area contributed by atoms with Gasteiger partial charge in [0.15, 0.2) is 5.01 Å². The lowest BCUT2D eigenvalue weighted by Crippen LogP contribution is -2.28. The standard InChI is InChI=1S/C20H15FN6O2S/c21-14-6-3-7-15(11-14)29-17-13(5-4-10-23-17)12-24-19(28)25-20-27-26-18(30-20)16-8-1-2-9-22-16/h1-11H,12H2,(H2,24,25,27,28). The number of amides is 2. The van der Waals surface area contributed by atoms with Gasteiger partial charge in [-0.3, -0.25) is 10.3 Å². The normalized spacial score (nSPS) is 10.4. The molecule has 150 valence electrons. The molecule has 0 aliphatic rings. The van der Waals surface area contributed by atoms with Crippen LogP contribution in [0.2, 0.25) is 0 Å². The van der Waals surface area contributed by atoms with E-state index in [4.69, 9.17) is 4.74 Å². The van der Waals surface area contributed by atoms with Gasteiger partial charge in [0.05, 0.1) is 0 Å². The number of urea groups is 1. The molecule has 10 heteroatoms. The monoisotopic (exact) mass is 422 g/mol. The summed E-state index contributed by atoms with van der Waals surface area (Å²) in [5, 5.41) is 14.3. The second kappa shape index (κ2) is 9.05. The van der Waals surface area contributed by atoms with E-state index in [0.29, 0.717) is 27.1 Å². The third kappa shape index (κ3) is 4.92. The highest BCUT2D eigenvalue weighted by molar-refractivity contribution is 7.18. The second-order valence-corrected chi connectivity index (χ2v) is 6.94. The quantitative estimate of drug-likeness (QED) is 0.482. The first-order chi connectivity index (χ1) is 14.7. The number of nitrogens with zero attached hydrogens (tertiary/aromatic N) is 4. The number of ether oxygens (including phenoxy) is 1. The Hall–Kier alpha value is -3.92. The Balaban J connectivity index is 1.37. The molecule has 0 fully saturated rings. The van der Waals surface area contributed by atoms with Crippen molar-refractivity contribution in [2.24, 2.45) is 0 Å². The number of hydrogen-bond acceptors (Lipinski definition) is 7. The zero-order valence-corrected chi connectivity index (χ0v) is 16.3. The van der Waals surface area contributed by atoms with E-state index in [-0.39, 0.29) is 12.4 Å². The van der Waals surface area contributed by atoms with Crippen molar-refractivity contribution in [2.45, 2.75) is 6.54 Å². The maximum atomic E-state index is 13.4. The van der Waals surface area contributed by atoms with Crippen molar-refractivity contribution in [3.63, 3.8) is 0 Å². The first-order valence-electron chi connectivity index (χ1n) is 8.84. The topological polar surface area (TPSA) is 102 Å². The predicted octanol–water partition coefficient (Wildman–Crippen LogP) is 4.25. The number of carbonyl (C=O) groups excluding carboxylic acids is 1. The number of hydrogen-bond donors (Lipinski definition) is 2. The molecule has 0 radical (unpaired) electrons. The van der Waals surface area contributed by atoms with Gasteiger partial charge in [-0.15, -0.1) is 10.2 Å². The van der Waals surface area contributed by atoms with Crippen LogP contribution in [0.1, 0.15) is 5.56 Å². The van der Waals surface area contributed by atoms with Crippen LogP contribution in [0, 0.1) is 5.82 Å². The molecule has 2 amide bonds. The molecule has 0 atom stereocenters. The van der Waals surface area contributed by atoms with Gasteiger partial charge in [-0.1, -0.05) is 29.5 Å². The van der Waals surface area contributed by atoms with Crippen LogP contribution >= 0.6 is 11.3 Å². The lowest BCUT2D eigenvalue weighted by Gasteiger charge is -2.11. The van der Waals surface area contributed by atoms with Gasteiger partial charge >= 0.3 is 6.03 Å². The van der Waals surface area contributed by atoms with E-state index in [1.165, 1.54) is 23.5 Å². The van der Waals surface area contributed by atoms with Gasteiger partial charge in [0.1, 0.15) is 17.3 Å². The number of benzene rings is 1. The summed E-state index contributed by atoms with van der Waals surface area (Å²) in [6.45, 7) is 0.149. The molecule has 3 aromatic heterocycles. The largest absolute Gasteiger partial charge is 0.439 e. The van der Waals surface area contributed by atoms with E-state index in [1.54, 1.807) is 36.7 Å². The van der Waals surface area contributed by atoms with Crippen LogP contribution in [0.3, 0.4) is 0 Å². The average molecular weight is 422 g/mol. The Morgan fingerprint density at radius 1 is 1.03 bits per heavy atom. The van der Waals surface area contributed by atoms with Crippen LogP contribution in [0.5, 0.6) is 11.6 Å². The lowest BCUT2D eigenvalue weighted by atomic mass is 10.2. The van der Waals surface area contributed by atoms with Gasteiger partial charge in [-0.25, -0.2) is 14.2 Å². The van der Waals surface area contributed by atoms with E-state index in [1.807, 2.05) is 18.2 Å². The van der Waals surface area contributed by atoms with Crippen molar-refractivity contribution in [1.29, 1.82) is 0 Å². The Morgan fingerprint density at radius 2 is 1.93 bits per heavy atom. The van der Waals surface area contributed by atoms with E-state index >= 15 is 0 Å². The molecule has 8 nitrogen and oxygen atoms in total. The molecule has 0 bridgehead atoms. The minimum Gasteiger partial charge on any atom is -0.439 e. The highest BCUT2D eigenvalue weighted by Crippen LogP contribution is 2.25. The molecule has 4 aromatic rings. The number of aromatic nitrogens is 4. The first-order valence-corrected chi connectivity index (χ1v) is 9.66. The number of anilines is 1. The SMILES string of the molecule is O=C(NCc1cccnc1Oc1cccc(F)c1)Nc1nnc(-c2ccccn2)s1. The first kappa shape index (κ1) is 19.4. The molecule has 2 N–H and O–H groups in total. The molecule has 0 spiro atoms. The van der Waals surface area contributed by atoms with Crippen LogP contribution in [0.4, 0.5) is 14.3 Å². The molecule has 4 rings (SSSR count). The van der Waals surface area contributed by atoms with E-state index < -0.39 is 11.8 Å². The fourth-order valence-electron chi connectivity index (χ4n) is 2.48. The van der Waals surface area contributed by atoms with Crippen molar-refractivity contribution in [3.8, 4) is 22.3 Å². The number of nitrogens with one attached hydrogen (secondary N) is 2. The van der Waals surface area contributed by atoms with E-state index in [0.717, 1.165) is 0 Å². The lowest BCUT2D eigenvalue weighted by molar-refractivity contribution is 0.251. The van der Waals surface area contributed by atoms with E-state index in [9.17, 15) is 9.18 Å². The molecular formula is C20H15FN6O2S. The number of rotatable bonds is 6. The molecule has 1 aromatic carbocycles. The van der Waals surface area contributed by atoms with Gasteiger partial charge in [-0.2, -0.15) is 0 Å². The van der Waals surface area contributed by atoms with Crippen LogP contribution in [0.15, 0.2) is 67.0 Å². The van der Waals surface area contributed by atoms with E-state index in [2.05, 4.69) is 30.8 Å². The summed E-state index contributed by atoms with van der Waals surface area (Å²) in [6.07, 6.45) is 3.21. The highest BCUT2D eigenvalue weighted by Gasteiger charge is 2.12. The fraction of sp³-hybridized carbons (Fsp3) is 0.0500. The maximum absolute atomic E-state index is 13.4. The Morgan fingerprint density at radius 3 is 2.77 bits per heavy atom. The van der Waals surface area contributed by atoms with Gasteiger partial charge < -0.3 is 10.1 Å². The van der Waals surface area contributed by atoms with Crippen molar-refractivity contribution in [2.75, 3.05) is 5.32 Å². The summed E-state index contributed by atoms with van der Waals surface area (Å²) in [7, 11) is 0. The molecule has 30 heavy (non-hydrogen) atoms. The number of halogens is 1. The van der Waals surface area contributed by atoms with Gasteiger partial charge in [0, 0.05) is 30.6 Å². The molecule has 0 unspecified atom stereocenters. The molecule has 3 heterocycles. The number of pyridine rings is 2. The van der Waals surface area contributed by atoms with Crippen LogP contribution in [-0.4, -0.2) is 26.2 Å². The molecular weight excluding hydrogens is 407 g/mol. The van der Waals surface area contributed by atoms with Crippen molar-refractivity contribution < 1.29 is 13.9 Å². The van der Waals surface area contributed by atoms with Gasteiger partial charge in [-0.05, 0) is 30.3 Å². The summed E-state index contributed by atoms with van der Waals surface area (Å²) < 4.78 is 19.0. The van der Waals surface area contributed by atoms with Crippen molar-refractivity contribution >= 4 is 22.5 Å². The maximum Gasteiger partial charge on any atom is 0.321 e. The second-order valence-electron chi connectivity index (χ2n) is 5.96. The Labute approximate surface area is 174 Å². The zero-order valence-electron chi connectivity index (χ0n) is 15.4. The summed E-state index contributed by atoms with van der Waals surface area (Å²) in [5.41, 5.74) is 1.31. The van der Waals surface area contributed by atoms with Crippen LogP contribution in [-0.2, 0) is 6.54 Å². The van der Waals surface area contributed by atoms with Crippen molar-refractivity contribution in [1.82, 2.24) is 25.5 Å². The Kier molecular flexibility index (Phi) is 5.85. The minimum absolute atomic E-state index is 0.149. The van der Waals surface area contributed by atoms with Crippen LogP contribution in [0.25, 0.3) is 10.7 Å². The van der Waals surface area contributed by atoms with Crippen LogP contribution < -0.4 is 15.4 Å². The Bertz CT molecular complexity index is 1150. The minimum atomic E-state index is -0.459. The summed E-state index contributed by atoms with van der Waals surface area (Å²) in [5.74, 6) is 0.177. The van der Waals surface area contributed by atoms with Crippen molar-refractivity contribution in [3.05, 3.63) is 78.4 Å².